The van der Waals surface area contributed by atoms with Gasteiger partial charge in [0, 0.05) is 19.3 Å². The molecule has 0 rings (SSSR count). The molecule has 60 heavy (non-hydrogen) atoms. The van der Waals surface area contributed by atoms with E-state index in [0.29, 0.717) is 19.3 Å². The number of ether oxygens (including phenoxy) is 3. The van der Waals surface area contributed by atoms with Gasteiger partial charge in [0.05, 0.1) is 0 Å². The van der Waals surface area contributed by atoms with Crippen molar-refractivity contribution in [3.8, 4) is 0 Å². The number of carbonyl (C=O) groups excluding carboxylic acids is 3. The predicted molar refractivity (Wildman–Crippen MR) is 256 cm³/mol. The van der Waals surface area contributed by atoms with E-state index < -0.39 is 6.10 Å². The van der Waals surface area contributed by atoms with Crippen molar-refractivity contribution in [2.45, 2.75) is 264 Å². The summed E-state index contributed by atoms with van der Waals surface area (Å²) in [6.07, 6.45) is 58.0. The molecule has 0 bridgehead atoms. The normalized spacial score (nSPS) is 12.4. The Morgan fingerprint density at radius 3 is 1.02 bits per heavy atom. The van der Waals surface area contributed by atoms with E-state index in [2.05, 4.69) is 69.4 Å². The standard InChI is InChI=1S/C54H96O6/c1-4-7-10-13-16-19-22-25-26-27-30-32-35-38-41-44-47-53(56)59-50-51(60-54(57)48-45-42-39-36-33-29-24-21-18-15-12-9-6-3)49-58-52(55)46-43-40-37-34-31-28-23-20-17-14-11-8-5-2/h12,15,20-21,23-24,26-27,51H,4-11,13-14,16-19,22,25,28-50H2,1-3H3/b15-12-,23-20-,24-21-,27-26-. The van der Waals surface area contributed by atoms with Gasteiger partial charge in [-0.15, -0.1) is 0 Å². The second kappa shape index (κ2) is 49.0. The maximum atomic E-state index is 12.8. The fourth-order valence-corrected chi connectivity index (χ4v) is 7.12. The molecule has 1 unspecified atom stereocenters. The fourth-order valence-electron chi connectivity index (χ4n) is 7.12. The molecule has 0 N–H and O–H groups in total. The number of hydrogen-bond acceptors (Lipinski definition) is 6. The van der Waals surface area contributed by atoms with E-state index >= 15 is 0 Å². The minimum absolute atomic E-state index is 0.0852. The van der Waals surface area contributed by atoms with Crippen LogP contribution in [0, 0.1) is 0 Å². The van der Waals surface area contributed by atoms with Crippen molar-refractivity contribution >= 4 is 17.9 Å². The van der Waals surface area contributed by atoms with Crippen molar-refractivity contribution in [3.05, 3.63) is 48.6 Å². The van der Waals surface area contributed by atoms with E-state index in [4.69, 9.17) is 14.2 Å². The maximum absolute atomic E-state index is 12.8. The van der Waals surface area contributed by atoms with Gasteiger partial charge in [0.2, 0.25) is 0 Å². The number of esters is 3. The Bertz CT molecular complexity index is 1060. The van der Waals surface area contributed by atoms with E-state index in [-0.39, 0.29) is 31.1 Å². The van der Waals surface area contributed by atoms with Crippen molar-refractivity contribution in [1.29, 1.82) is 0 Å². The summed E-state index contributed by atoms with van der Waals surface area (Å²) in [7, 11) is 0. The number of rotatable bonds is 46. The van der Waals surface area contributed by atoms with Gasteiger partial charge in [-0.25, -0.2) is 0 Å². The van der Waals surface area contributed by atoms with Gasteiger partial charge in [-0.1, -0.05) is 191 Å². The van der Waals surface area contributed by atoms with Crippen molar-refractivity contribution in [2.24, 2.45) is 0 Å². The first-order valence-corrected chi connectivity index (χ1v) is 25.6. The summed E-state index contributed by atoms with van der Waals surface area (Å²) >= 11 is 0. The summed E-state index contributed by atoms with van der Waals surface area (Å²) < 4.78 is 16.8. The van der Waals surface area contributed by atoms with Crippen LogP contribution in [0.4, 0.5) is 0 Å². The fraction of sp³-hybridized carbons (Fsp3) is 0.796. The summed E-state index contributed by atoms with van der Waals surface area (Å²) in [5, 5.41) is 0. The average Bonchev–Trinajstić information content (AvgIpc) is 3.24. The molecule has 0 aromatic heterocycles. The quantitative estimate of drug-likeness (QED) is 0.0263. The smallest absolute Gasteiger partial charge is 0.306 e. The molecule has 0 aliphatic rings. The number of carbonyl (C=O) groups is 3. The van der Waals surface area contributed by atoms with Crippen LogP contribution in [0.25, 0.3) is 0 Å². The minimum Gasteiger partial charge on any atom is -0.462 e. The van der Waals surface area contributed by atoms with E-state index in [1.165, 1.54) is 116 Å². The van der Waals surface area contributed by atoms with Crippen LogP contribution < -0.4 is 0 Å². The maximum Gasteiger partial charge on any atom is 0.306 e. The van der Waals surface area contributed by atoms with Crippen molar-refractivity contribution in [2.75, 3.05) is 13.2 Å². The number of allylic oxidation sites excluding steroid dienone is 8. The molecule has 6 nitrogen and oxygen atoms in total. The highest BCUT2D eigenvalue weighted by Gasteiger charge is 2.19. The van der Waals surface area contributed by atoms with Crippen LogP contribution in [0.5, 0.6) is 0 Å². The Labute approximate surface area is 371 Å². The number of hydrogen-bond donors (Lipinski definition) is 0. The SMILES string of the molecule is CCC/C=C\C/C=C\CCCCCCCC(=O)OC(COC(=O)CCCCCCC/C=C\CCCCCC)COC(=O)CCCCCCC/C=C\CCCCCCCCC. The molecule has 0 radical (unpaired) electrons. The Kier molecular flexibility index (Phi) is 46.9. The van der Waals surface area contributed by atoms with Gasteiger partial charge in [0.25, 0.3) is 0 Å². The third-order valence-electron chi connectivity index (χ3n) is 11.0. The summed E-state index contributed by atoms with van der Waals surface area (Å²) in [5.74, 6) is -0.911. The lowest BCUT2D eigenvalue weighted by Crippen LogP contribution is -2.30. The molecule has 6 heteroatoms. The monoisotopic (exact) mass is 841 g/mol. The van der Waals surface area contributed by atoms with Gasteiger partial charge in [-0.05, 0) is 96.3 Å². The first kappa shape index (κ1) is 57.4. The van der Waals surface area contributed by atoms with Gasteiger partial charge in [-0.3, -0.25) is 14.4 Å². The van der Waals surface area contributed by atoms with E-state index in [0.717, 1.165) is 103 Å². The van der Waals surface area contributed by atoms with Gasteiger partial charge >= 0.3 is 17.9 Å². The third-order valence-corrected chi connectivity index (χ3v) is 11.0. The molecular formula is C54H96O6. The molecule has 0 heterocycles. The topological polar surface area (TPSA) is 78.9 Å². The summed E-state index contributed by atoms with van der Waals surface area (Å²) in [6.45, 7) is 6.54. The first-order valence-electron chi connectivity index (χ1n) is 25.6. The van der Waals surface area contributed by atoms with Gasteiger partial charge in [-0.2, -0.15) is 0 Å². The Hall–Kier alpha value is -2.63. The Morgan fingerprint density at radius 1 is 0.333 bits per heavy atom. The van der Waals surface area contributed by atoms with E-state index in [1.54, 1.807) is 0 Å². The molecule has 0 aromatic carbocycles. The lowest BCUT2D eigenvalue weighted by Gasteiger charge is -2.18. The van der Waals surface area contributed by atoms with Gasteiger partial charge in [0.1, 0.15) is 13.2 Å². The van der Waals surface area contributed by atoms with Crippen LogP contribution in [-0.2, 0) is 28.6 Å². The molecule has 0 amide bonds. The van der Waals surface area contributed by atoms with Gasteiger partial charge in [0.15, 0.2) is 6.10 Å². The molecule has 0 saturated heterocycles. The van der Waals surface area contributed by atoms with E-state index in [1.807, 2.05) is 0 Å². The molecule has 0 aromatic rings. The van der Waals surface area contributed by atoms with Crippen molar-refractivity contribution in [3.63, 3.8) is 0 Å². The highest BCUT2D eigenvalue weighted by Crippen LogP contribution is 2.14. The second-order valence-electron chi connectivity index (χ2n) is 17.1. The van der Waals surface area contributed by atoms with E-state index in [9.17, 15) is 14.4 Å². The lowest BCUT2D eigenvalue weighted by molar-refractivity contribution is -0.167. The van der Waals surface area contributed by atoms with Crippen LogP contribution >= 0.6 is 0 Å². The second-order valence-corrected chi connectivity index (χ2v) is 17.1. The summed E-state index contributed by atoms with van der Waals surface area (Å²) in [4.78, 5) is 37.9. The Balaban J connectivity index is 4.40. The molecule has 348 valence electrons. The zero-order chi connectivity index (χ0) is 43.7. The Morgan fingerprint density at radius 2 is 0.633 bits per heavy atom. The van der Waals surface area contributed by atoms with Crippen molar-refractivity contribution in [1.82, 2.24) is 0 Å². The first-order chi connectivity index (χ1) is 29.5. The molecule has 0 fully saturated rings. The van der Waals surface area contributed by atoms with Gasteiger partial charge < -0.3 is 14.2 Å². The van der Waals surface area contributed by atoms with Crippen molar-refractivity contribution < 1.29 is 28.6 Å². The zero-order valence-electron chi connectivity index (χ0n) is 39.7. The molecule has 0 saturated carbocycles. The predicted octanol–water partition coefficient (Wildman–Crippen LogP) is 16.7. The molecule has 1 atom stereocenters. The lowest BCUT2D eigenvalue weighted by atomic mass is 10.1. The molecule has 0 spiro atoms. The minimum atomic E-state index is -0.785. The molecule has 0 aliphatic heterocycles. The molecular weight excluding hydrogens is 745 g/mol. The zero-order valence-corrected chi connectivity index (χ0v) is 39.7. The van der Waals surface area contributed by atoms with Crippen LogP contribution in [0.15, 0.2) is 48.6 Å². The highest BCUT2D eigenvalue weighted by atomic mass is 16.6. The largest absolute Gasteiger partial charge is 0.462 e. The molecule has 0 aliphatic carbocycles. The highest BCUT2D eigenvalue weighted by molar-refractivity contribution is 5.71. The number of unbranched alkanes of at least 4 members (excludes halogenated alkanes) is 27. The van der Waals surface area contributed by atoms with Crippen LogP contribution in [0.1, 0.15) is 258 Å². The average molecular weight is 841 g/mol. The summed E-state index contributed by atoms with van der Waals surface area (Å²) in [5.41, 5.74) is 0. The van der Waals surface area contributed by atoms with Crippen LogP contribution in [0.2, 0.25) is 0 Å². The summed E-state index contributed by atoms with van der Waals surface area (Å²) in [6, 6.07) is 0. The third kappa shape index (κ3) is 46.4. The van der Waals surface area contributed by atoms with Crippen LogP contribution in [-0.4, -0.2) is 37.2 Å². The van der Waals surface area contributed by atoms with Crippen LogP contribution in [0.3, 0.4) is 0 Å².